The minimum absolute atomic E-state index is 0.200. The van der Waals surface area contributed by atoms with Crippen molar-refractivity contribution in [2.45, 2.75) is 38.0 Å². The lowest BCUT2D eigenvalue weighted by Gasteiger charge is -2.25. The summed E-state index contributed by atoms with van der Waals surface area (Å²) in [4.78, 5) is 0. The first-order valence-corrected chi connectivity index (χ1v) is 12.1. The molecule has 1 aliphatic rings. The van der Waals surface area contributed by atoms with Gasteiger partial charge in [-0.15, -0.1) is 5.10 Å². The molecule has 8 nitrogen and oxygen atoms in total. The molecular weight excluding hydrogens is 478 g/mol. The molecule has 3 heterocycles. The van der Waals surface area contributed by atoms with Gasteiger partial charge in [-0.3, -0.25) is 4.68 Å². The Morgan fingerprint density at radius 1 is 1.11 bits per heavy atom. The number of para-hydroxylation sites is 1. The topological polar surface area (TPSA) is 87.1 Å². The van der Waals surface area contributed by atoms with Gasteiger partial charge >= 0.3 is 0 Å². The minimum Gasteiger partial charge on any atom is -0.493 e. The summed E-state index contributed by atoms with van der Waals surface area (Å²) in [6, 6.07) is 17.9. The van der Waals surface area contributed by atoms with E-state index in [-0.39, 0.29) is 12.5 Å². The maximum absolute atomic E-state index is 8.88. The van der Waals surface area contributed by atoms with Crippen LogP contribution in [0.3, 0.4) is 0 Å². The fourth-order valence-corrected chi connectivity index (χ4v) is 4.94. The third-order valence-electron chi connectivity index (χ3n) is 6.36. The van der Waals surface area contributed by atoms with Crippen molar-refractivity contribution >= 4 is 11.6 Å². The second-order valence-corrected chi connectivity index (χ2v) is 8.98. The molecular formula is C27H26ClN5O3. The molecule has 36 heavy (non-hydrogen) atoms. The lowest BCUT2D eigenvalue weighted by atomic mass is 9.98. The number of fused-ring (bicyclic) bond motifs is 3. The van der Waals surface area contributed by atoms with Crippen LogP contribution in [0, 0.1) is 11.3 Å². The van der Waals surface area contributed by atoms with Crippen LogP contribution in [-0.4, -0.2) is 33.8 Å². The minimum atomic E-state index is -0.428. The van der Waals surface area contributed by atoms with Crippen molar-refractivity contribution in [1.82, 2.24) is 19.6 Å². The lowest BCUT2D eigenvalue weighted by Crippen LogP contribution is -2.13. The molecule has 0 unspecified atom stereocenters. The SMILES string of the molecule is COc1cccc([C@H]2O[C@H](CCCn3cc(CC#N)nn3)c3cccn3-c3ccc(Cl)cc32)c1OC. The molecule has 0 N–H and O–H groups in total. The highest BCUT2D eigenvalue weighted by Crippen LogP contribution is 2.46. The predicted molar refractivity (Wildman–Crippen MR) is 135 cm³/mol. The highest BCUT2D eigenvalue weighted by Gasteiger charge is 2.32. The average molecular weight is 504 g/mol. The van der Waals surface area contributed by atoms with E-state index >= 15 is 0 Å². The van der Waals surface area contributed by atoms with E-state index in [2.05, 4.69) is 33.2 Å². The van der Waals surface area contributed by atoms with Gasteiger partial charge in [-0.25, -0.2) is 0 Å². The molecule has 0 bridgehead atoms. The Morgan fingerprint density at radius 2 is 2.00 bits per heavy atom. The first-order valence-electron chi connectivity index (χ1n) is 11.7. The highest BCUT2D eigenvalue weighted by molar-refractivity contribution is 6.30. The Bertz CT molecular complexity index is 1410. The molecule has 0 aliphatic carbocycles. The first-order chi connectivity index (χ1) is 17.6. The maximum atomic E-state index is 8.88. The number of hydrogen-bond donors (Lipinski definition) is 0. The standard InChI is InChI=1S/C27H26ClN5O3/c1-34-25-8-3-6-20(27(25)35-2)26-21-16-18(28)10-11-22(21)33-15-4-7-23(33)24(36-26)9-5-14-32-17-19(12-13-29)30-31-32/h3-4,6-8,10-11,15-17,24,26H,5,9,12,14H2,1-2H3/t24-,26-/m1/s1. The number of rotatable bonds is 8. The van der Waals surface area contributed by atoms with Gasteiger partial charge in [0.25, 0.3) is 0 Å². The number of aryl methyl sites for hydroxylation is 1. The molecule has 5 rings (SSSR count). The van der Waals surface area contributed by atoms with Gasteiger partial charge in [0.15, 0.2) is 11.5 Å². The number of hydrogen-bond acceptors (Lipinski definition) is 6. The molecule has 0 saturated carbocycles. The largest absolute Gasteiger partial charge is 0.493 e. The smallest absolute Gasteiger partial charge is 0.166 e. The van der Waals surface area contributed by atoms with Gasteiger partial charge < -0.3 is 18.8 Å². The number of benzene rings is 2. The number of nitriles is 1. The first kappa shape index (κ1) is 23.9. The number of aromatic nitrogens is 4. The van der Waals surface area contributed by atoms with E-state index in [4.69, 9.17) is 31.1 Å². The van der Waals surface area contributed by atoms with Gasteiger partial charge in [-0.1, -0.05) is 28.9 Å². The molecule has 2 atom stereocenters. The van der Waals surface area contributed by atoms with Crippen LogP contribution in [0.15, 0.2) is 60.9 Å². The van der Waals surface area contributed by atoms with Crippen molar-refractivity contribution in [2.75, 3.05) is 14.2 Å². The third-order valence-corrected chi connectivity index (χ3v) is 6.59. The monoisotopic (exact) mass is 503 g/mol. The average Bonchev–Trinajstić information content (AvgIpc) is 3.53. The summed E-state index contributed by atoms with van der Waals surface area (Å²) < 4.78 is 22.2. The maximum Gasteiger partial charge on any atom is 0.166 e. The Hall–Kier alpha value is -3.80. The molecule has 1 aliphatic heterocycles. The molecule has 9 heteroatoms. The molecule has 0 saturated heterocycles. The van der Waals surface area contributed by atoms with Gasteiger partial charge in [0.05, 0.1) is 49.9 Å². The number of methoxy groups -OCH3 is 2. The van der Waals surface area contributed by atoms with E-state index in [0.29, 0.717) is 28.8 Å². The summed E-state index contributed by atoms with van der Waals surface area (Å²) >= 11 is 6.47. The molecule has 0 amide bonds. The summed E-state index contributed by atoms with van der Waals surface area (Å²) in [5, 5.41) is 17.7. The van der Waals surface area contributed by atoms with Crippen LogP contribution in [0.2, 0.25) is 5.02 Å². The van der Waals surface area contributed by atoms with E-state index < -0.39 is 6.10 Å². The number of halogens is 1. The van der Waals surface area contributed by atoms with Crippen molar-refractivity contribution in [3.8, 4) is 23.3 Å². The molecule has 4 aromatic rings. The van der Waals surface area contributed by atoms with Crippen LogP contribution >= 0.6 is 11.6 Å². The zero-order valence-corrected chi connectivity index (χ0v) is 20.9. The fourth-order valence-electron chi connectivity index (χ4n) is 4.76. The van der Waals surface area contributed by atoms with Crippen LogP contribution < -0.4 is 9.47 Å². The molecule has 184 valence electrons. The second-order valence-electron chi connectivity index (χ2n) is 8.54. The van der Waals surface area contributed by atoms with Crippen molar-refractivity contribution in [3.63, 3.8) is 0 Å². The molecule has 0 radical (unpaired) electrons. The van der Waals surface area contributed by atoms with Gasteiger partial charge in [-0.2, -0.15) is 5.26 Å². The summed E-state index contributed by atoms with van der Waals surface area (Å²) in [5.41, 5.74) is 4.57. The normalized spacial score (nSPS) is 16.5. The third kappa shape index (κ3) is 4.55. The molecule has 2 aromatic heterocycles. The highest BCUT2D eigenvalue weighted by atomic mass is 35.5. The Labute approximate surface area is 214 Å². The van der Waals surface area contributed by atoms with Crippen molar-refractivity contribution < 1.29 is 14.2 Å². The van der Waals surface area contributed by atoms with E-state index in [9.17, 15) is 0 Å². The van der Waals surface area contributed by atoms with Crippen molar-refractivity contribution in [3.05, 3.63) is 88.5 Å². The predicted octanol–water partition coefficient (Wildman–Crippen LogP) is 5.45. The molecule has 2 aromatic carbocycles. The van der Waals surface area contributed by atoms with Crippen molar-refractivity contribution in [2.24, 2.45) is 0 Å². The number of ether oxygens (including phenoxy) is 3. The quantitative estimate of drug-likeness (QED) is 0.318. The molecule has 0 fully saturated rings. The van der Waals surface area contributed by atoms with Gasteiger partial charge in [0.1, 0.15) is 6.10 Å². The molecule has 0 spiro atoms. The summed E-state index contributed by atoms with van der Waals surface area (Å²) in [6.07, 6.45) is 5.06. The van der Waals surface area contributed by atoms with Gasteiger partial charge in [-0.05, 0) is 49.2 Å². The lowest BCUT2D eigenvalue weighted by molar-refractivity contribution is -0.000641. The van der Waals surface area contributed by atoms with Gasteiger partial charge in [0, 0.05) is 35.1 Å². The summed E-state index contributed by atoms with van der Waals surface area (Å²) in [6.45, 7) is 0.672. The van der Waals surface area contributed by atoms with E-state index in [1.807, 2.05) is 48.7 Å². The van der Waals surface area contributed by atoms with E-state index in [0.717, 1.165) is 35.3 Å². The number of nitrogens with zero attached hydrogens (tertiary/aromatic N) is 5. The van der Waals surface area contributed by atoms with Gasteiger partial charge in [0.2, 0.25) is 0 Å². The van der Waals surface area contributed by atoms with Crippen LogP contribution in [-0.2, 0) is 17.7 Å². The Kier molecular flexibility index (Phi) is 6.94. The van der Waals surface area contributed by atoms with Crippen LogP contribution in [0.5, 0.6) is 11.5 Å². The Balaban J connectivity index is 1.51. The van der Waals surface area contributed by atoms with Crippen LogP contribution in [0.1, 0.15) is 47.6 Å². The van der Waals surface area contributed by atoms with Crippen LogP contribution in [0.4, 0.5) is 0 Å². The van der Waals surface area contributed by atoms with Crippen LogP contribution in [0.25, 0.3) is 5.69 Å². The zero-order valence-electron chi connectivity index (χ0n) is 20.1. The Morgan fingerprint density at radius 3 is 2.81 bits per heavy atom. The van der Waals surface area contributed by atoms with E-state index in [1.54, 1.807) is 18.9 Å². The van der Waals surface area contributed by atoms with E-state index in [1.165, 1.54) is 0 Å². The second kappa shape index (κ2) is 10.4. The zero-order chi connectivity index (χ0) is 25.1. The summed E-state index contributed by atoms with van der Waals surface area (Å²) in [7, 11) is 3.26. The van der Waals surface area contributed by atoms with Crippen molar-refractivity contribution in [1.29, 1.82) is 5.26 Å². The summed E-state index contributed by atoms with van der Waals surface area (Å²) in [5.74, 6) is 1.27. The fraction of sp³-hybridized carbons (Fsp3) is 0.296.